The smallest absolute Gasteiger partial charge is 0.326 e. The van der Waals surface area contributed by atoms with Crippen LogP contribution in [0, 0.1) is 11.3 Å². The summed E-state index contributed by atoms with van der Waals surface area (Å²) in [6.45, 7) is 0. The second kappa shape index (κ2) is 4.66. The molecule has 0 atom stereocenters. The van der Waals surface area contributed by atoms with Gasteiger partial charge in [0.1, 0.15) is 11.1 Å². The molecule has 4 heteroatoms. The Morgan fingerprint density at radius 1 is 1.18 bits per heavy atom. The molecule has 2 aliphatic rings. The first-order valence-electron chi connectivity index (χ1n) is 6.45. The minimum atomic E-state index is -0.608. The van der Waals surface area contributed by atoms with Crippen LogP contribution >= 0.6 is 0 Å². The molecule has 0 aromatic rings. The van der Waals surface area contributed by atoms with E-state index in [2.05, 4.69) is 11.4 Å². The van der Waals surface area contributed by atoms with Crippen molar-refractivity contribution in [2.45, 2.75) is 62.4 Å². The normalized spacial score (nSPS) is 25.4. The fourth-order valence-corrected chi connectivity index (χ4v) is 2.98. The quantitative estimate of drug-likeness (QED) is 0.760. The summed E-state index contributed by atoms with van der Waals surface area (Å²) in [6.07, 6.45) is 7.59. The van der Waals surface area contributed by atoms with Gasteiger partial charge in [-0.15, -0.1) is 0 Å². The van der Waals surface area contributed by atoms with Crippen LogP contribution in [0.3, 0.4) is 0 Å². The number of ether oxygens (including phenoxy) is 1. The van der Waals surface area contributed by atoms with E-state index in [1.807, 2.05) is 0 Å². The third-order valence-corrected chi connectivity index (χ3v) is 4.18. The molecule has 0 unspecified atom stereocenters. The number of methoxy groups -OCH3 is 1. The minimum absolute atomic E-state index is 0.196. The van der Waals surface area contributed by atoms with E-state index in [4.69, 9.17) is 4.74 Å². The van der Waals surface area contributed by atoms with Gasteiger partial charge < -0.3 is 4.74 Å². The van der Waals surface area contributed by atoms with Crippen molar-refractivity contribution in [2.24, 2.45) is 0 Å². The second-order valence-electron chi connectivity index (χ2n) is 5.31. The van der Waals surface area contributed by atoms with Crippen molar-refractivity contribution in [3.05, 3.63) is 0 Å². The van der Waals surface area contributed by atoms with Gasteiger partial charge in [0.2, 0.25) is 0 Å². The summed E-state index contributed by atoms with van der Waals surface area (Å²) in [5, 5.41) is 12.6. The summed E-state index contributed by atoms with van der Waals surface area (Å²) in [6, 6.07) is 2.35. The van der Waals surface area contributed by atoms with Crippen LogP contribution in [0.25, 0.3) is 0 Å². The van der Waals surface area contributed by atoms with Crippen LogP contribution in [-0.4, -0.2) is 24.2 Å². The Kier molecular flexibility index (Phi) is 3.39. The van der Waals surface area contributed by atoms with Crippen molar-refractivity contribution < 1.29 is 9.53 Å². The monoisotopic (exact) mass is 236 g/mol. The summed E-state index contributed by atoms with van der Waals surface area (Å²) in [5.41, 5.74) is -1.09. The number of nitrogens with zero attached hydrogens (tertiary/aromatic N) is 1. The zero-order valence-electron chi connectivity index (χ0n) is 10.4. The number of nitriles is 1. The number of nitrogens with one attached hydrogen (secondary N) is 1. The molecule has 2 rings (SSSR count). The van der Waals surface area contributed by atoms with Crippen molar-refractivity contribution >= 4 is 5.97 Å². The molecule has 0 bridgehead atoms. The summed E-state index contributed by atoms with van der Waals surface area (Å²) in [5.74, 6) is -0.196. The van der Waals surface area contributed by atoms with Crippen LogP contribution in [0.15, 0.2) is 0 Å². The molecule has 17 heavy (non-hydrogen) atoms. The Bertz CT molecular complexity index is 336. The molecule has 2 saturated carbocycles. The van der Waals surface area contributed by atoms with Gasteiger partial charge in [-0.3, -0.25) is 10.1 Å². The van der Waals surface area contributed by atoms with Gasteiger partial charge in [-0.05, 0) is 32.1 Å². The van der Waals surface area contributed by atoms with E-state index in [1.54, 1.807) is 0 Å². The van der Waals surface area contributed by atoms with Crippen LogP contribution in [0.1, 0.15) is 51.4 Å². The van der Waals surface area contributed by atoms with Crippen molar-refractivity contribution in [1.82, 2.24) is 5.32 Å². The van der Waals surface area contributed by atoms with Crippen LogP contribution in [0.4, 0.5) is 0 Å². The zero-order chi connectivity index (χ0) is 12.4. The van der Waals surface area contributed by atoms with Gasteiger partial charge in [0.15, 0.2) is 0 Å². The number of carbonyl (C=O) groups excluding carboxylic acids is 1. The van der Waals surface area contributed by atoms with Crippen LogP contribution in [0.5, 0.6) is 0 Å². The van der Waals surface area contributed by atoms with Crippen molar-refractivity contribution in [2.75, 3.05) is 7.11 Å². The first kappa shape index (κ1) is 12.4. The lowest BCUT2D eigenvalue weighted by molar-refractivity contribution is -0.151. The predicted molar refractivity (Wildman–Crippen MR) is 63.2 cm³/mol. The molecule has 2 fully saturated rings. The predicted octanol–water partition coefficient (Wildman–Crippen LogP) is 1.90. The molecule has 0 aromatic heterocycles. The standard InChI is InChI=1S/C13H20N2O2/c1-17-11(16)13(8-3-2-4-9-13)15-12(10-14)6-5-7-12/h15H,2-9H2,1H3. The minimum Gasteiger partial charge on any atom is -0.468 e. The SMILES string of the molecule is COC(=O)C1(NC2(C#N)CCC2)CCCCC1. The highest BCUT2D eigenvalue weighted by atomic mass is 16.5. The Balaban J connectivity index is 2.16. The lowest BCUT2D eigenvalue weighted by Crippen LogP contribution is -2.64. The molecule has 2 aliphatic carbocycles. The average molecular weight is 236 g/mol. The molecular formula is C13H20N2O2. The summed E-state index contributed by atoms with van der Waals surface area (Å²) < 4.78 is 4.94. The molecule has 0 spiro atoms. The second-order valence-corrected chi connectivity index (χ2v) is 5.31. The van der Waals surface area contributed by atoms with E-state index < -0.39 is 11.1 Å². The molecule has 0 radical (unpaired) electrons. The van der Waals surface area contributed by atoms with Gasteiger partial charge in [-0.25, -0.2) is 0 Å². The number of hydrogen-bond donors (Lipinski definition) is 1. The van der Waals surface area contributed by atoms with Gasteiger partial charge in [-0.2, -0.15) is 5.26 Å². The summed E-state index contributed by atoms with van der Waals surface area (Å²) >= 11 is 0. The molecule has 0 amide bonds. The molecule has 0 aromatic carbocycles. The lowest BCUT2D eigenvalue weighted by Gasteiger charge is -2.45. The van der Waals surface area contributed by atoms with Gasteiger partial charge in [-0.1, -0.05) is 19.3 Å². The Morgan fingerprint density at radius 3 is 2.24 bits per heavy atom. The van der Waals surface area contributed by atoms with E-state index in [-0.39, 0.29) is 5.97 Å². The highest BCUT2D eigenvalue weighted by Gasteiger charge is 2.49. The number of esters is 1. The topological polar surface area (TPSA) is 62.1 Å². The van der Waals surface area contributed by atoms with Crippen LogP contribution in [-0.2, 0) is 9.53 Å². The van der Waals surface area contributed by atoms with Crippen molar-refractivity contribution in [3.8, 4) is 6.07 Å². The van der Waals surface area contributed by atoms with E-state index in [1.165, 1.54) is 13.5 Å². The van der Waals surface area contributed by atoms with Crippen LogP contribution in [0.2, 0.25) is 0 Å². The van der Waals surface area contributed by atoms with Crippen molar-refractivity contribution in [1.29, 1.82) is 5.26 Å². The molecule has 0 heterocycles. The highest BCUT2D eigenvalue weighted by molar-refractivity contribution is 5.81. The fraction of sp³-hybridized carbons (Fsp3) is 0.846. The fourth-order valence-electron chi connectivity index (χ4n) is 2.98. The summed E-state index contributed by atoms with van der Waals surface area (Å²) in [7, 11) is 1.43. The van der Waals surface area contributed by atoms with E-state index >= 15 is 0 Å². The maximum atomic E-state index is 12.0. The molecule has 94 valence electrons. The largest absolute Gasteiger partial charge is 0.468 e. The van der Waals surface area contributed by atoms with Crippen LogP contribution < -0.4 is 5.32 Å². The number of rotatable bonds is 3. The number of carbonyl (C=O) groups is 1. The molecule has 1 N–H and O–H groups in total. The van der Waals surface area contributed by atoms with Gasteiger partial charge >= 0.3 is 5.97 Å². The average Bonchev–Trinajstić information content (AvgIpc) is 2.34. The first-order chi connectivity index (χ1) is 8.16. The number of hydrogen-bond acceptors (Lipinski definition) is 4. The summed E-state index contributed by atoms with van der Waals surface area (Å²) in [4.78, 5) is 12.0. The third kappa shape index (κ3) is 2.16. The first-order valence-corrected chi connectivity index (χ1v) is 6.45. The lowest BCUT2D eigenvalue weighted by atomic mass is 9.73. The maximum absolute atomic E-state index is 12.0. The molecule has 0 saturated heterocycles. The molecular weight excluding hydrogens is 216 g/mol. The zero-order valence-corrected chi connectivity index (χ0v) is 10.4. The third-order valence-electron chi connectivity index (χ3n) is 4.18. The van der Waals surface area contributed by atoms with Gasteiger partial charge in [0, 0.05) is 0 Å². The van der Waals surface area contributed by atoms with E-state index in [9.17, 15) is 10.1 Å². The maximum Gasteiger partial charge on any atom is 0.326 e. The molecule has 0 aliphatic heterocycles. The van der Waals surface area contributed by atoms with Gasteiger partial charge in [0.25, 0.3) is 0 Å². The Hall–Kier alpha value is -1.08. The van der Waals surface area contributed by atoms with Crippen molar-refractivity contribution in [3.63, 3.8) is 0 Å². The Morgan fingerprint density at radius 2 is 1.82 bits per heavy atom. The van der Waals surface area contributed by atoms with E-state index in [0.717, 1.165) is 44.9 Å². The van der Waals surface area contributed by atoms with Gasteiger partial charge in [0.05, 0.1) is 13.2 Å². The Labute approximate surface area is 102 Å². The highest BCUT2D eigenvalue weighted by Crippen LogP contribution is 2.38. The molecule has 4 nitrogen and oxygen atoms in total. The van der Waals surface area contributed by atoms with E-state index in [0.29, 0.717) is 0 Å².